The van der Waals surface area contributed by atoms with E-state index in [1.54, 1.807) is 6.08 Å². The van der Waals surface area contributed by atoms with Crippen molar-refractivity contribution < 1.29 is 28.5 Å². The van der Waals surface area contributed by atoms with E-state index in [1.807, 2.05) is 0 Å². The molecule has 4 aliphatic rings. The van der Waals surface area contributed by atoms with Crippen molar-refractivity contribution >= 4 is 11.6 Å². The van der Waals surface area contributed by atoms with Gasteiger partial charge in [-0.15, -0.1) is 0 Å². The Morgan fingerprint density at radius 1 is 1.06 bits per heavy atom. The lowest BCUT2D eigenvalue weighted by Gasteiger charge is -2.30. The number of fused-ring (bicyclic) bond motifs is 4. The van der Waals surface area contributed by atoms with Gasteiger partial charge in [0.15, 0.2) is 5.78 Å². The third-order valence-corrected chi connectivity index (χ3v) is 3.82. The van der Waals surface area contributed by atoms with Crippen molar-refractivity contribution in [3.8, 4) is 0 Å². The Kier molecular flexibility index (Phi) is 2.23. The zero-order valence-corrected chi connectivity index (χ0v) is 9.53. The molecule has 4 heterocycles. The zero-order chi connectivity index (χ0) is 12.3. The van der Waals surface area contributed by atoms with Gasteiger partial charge in [0.1, 0.15) is 6.10 Å². The molecule has 18 heavy (non-hydrogen) atoms. The van der Waals surface area contributed by atoms with Crippen LogP contribution < -0.4 is 0 Å². The van der Waals surface area contributed by atoms with Gasteiger partial charge in [0.2, 0.25) is 18.4 Å². The lowest BCUT2D eigenvalue weighted by atomic mass is 9.83. The molecule has 0 amide bonds. The standard InChI is InChI=1S/C12H12O6/c13-8-2-6(9-4-16-11(8)18-9)7-1-5-3-15-12(17-5)10(7)14/h1,5-6,9,11-12H,2-4H2/t5-,6-,9-,11-,12+/m0/s1. The second-order valence-electron chi connectivity index (χ2n) is 4.94. The Bertz CT molecular complexity index is 455. The molecule has 4 bridgehead atoms. The first-order valence-electron chi connectivity index (χ1n) is 6.05. The summed E-state index contributed by atoms with van der Waals surface area (Å²) >= 11 is 0. The Morgan fingerprint density at radius 2 is 1.89 bits per heavy atom. The molecule has 96 valence electrons. The molecule has 3 saturated heterocycles. The van der Waals surface area contributed by atoms with Crippen LogP contribution in [0.15, 0.2) is 11.6 Å². The van der Waals surface area contributed by atoms with Gasteiger partial charge in [-0.1, -0.05) is 0 Å². The quantitative estimate of drug-likeness (QED) is 0.630. The topological polar surface area (TPSA) is 71.1 Å². The first kappa shape index (κ1) is 10.8. The van der Waals surface area contributed by atoms with Gasteiger partial charge in [-0.2, -0.15) is 0 Å². The van der Waals surface area contributed by atoms with E-state index >= 15 is 0 Å². The van der Waals surface area contributed by atoms with Gasteiger partial charge in [-0.25, -0.2) is 0 Å². The van der Waals surface area contributed by atoms with Crippen LogP contribution in [0.5, 0.6) is 0 Å². The fraction of sp³-hybridized carbons (Fsp3) is 0.667. The lowest BCUT2D eigenvalue weighted by molar-refractivity contribution is -0.157. The van der Waals surface area contributed by atoms with Crippen molar-refractivity contribution in [3.05, 3.63) is 11.6 Å². The highest BCUT2D eigenvalue weighted by Gasteiger charge is 2.49. The number of ketones is 2. The van der Waals surface area contributed by atoms with Crippen LogP contribution >= 0.6 is 0 Å². The van der Waals surface area contributed by atoms with Gasteiger partial charge in [-0.3, -0.25) is 9.59 Å². The van der Waals surface area contributed by atoms with Crippen molar-refractivity contribution in [2.24, 2.45) is 5.92 Å². The van der Waals surface area contributed by atoms with E-state index in [9.17, 15) is 9.59 Å². The average molecular weight is 252 g/mol. The van der Waals surface area contributed by atoms with Crippen LogP contribution in [0.3, 0.4) is 0 Å². The van der Waals surface area contributed by atoms with Gasteiger partial charge >= 0.3 is 0 Å². The molecule has 0 spiro atoms. The number of ether oxygens (including phenoxy) is 4. The summed E-state index contributed by atoms with van der Waals surface area (Å²) in [5.74, 6) is -0.503. The first-order valence-corrected chi connectivity index (χ1v) is 6.05. The fourth-order valence-electron chi connectivity index (χ4n) is 2.92. The van der Waals surface area contributed by atoms with Crippen molar-refractivity contribution in [1.29, 1.82) is 0 Å². The molecular formula is C12H12O6. The molecular weight excluding hydrogens is 240 g/mol. The summed E-state index contributed by atoms with van der Waals surface area (Å²) in [4.78, 5) is 23.9. The first-order chi connectivity index (χ1) is 8.72. The highest BCUT2D eigenvalue weighted by Crippen LogP contribution is 2.37. The minimum atomic E-state index is -0.801. The van der Waals surface area contributed by atoms with E-state index in [-0.39, 0.29) is 29.7 Å². The van der Waals surface area contributed by atoms with Crippen LogP contribution in [0.4, 0.5) is 0 Å². The molecule has 0 aliphatic carbocycles. The largest absolute Gasteiger partial charge is 0.343 e. The normalized spacial score (nSPS) is 46.4. The minimum Gasteiger partial charge on any atom is -0.343 e. The Hall–Kier alpha value is -1.08. The molecule has 0 N–H and O–H groups in total. The number of rotatable bonds is 1. The summed E-state index contributed by atoms with van der Waals surface area (Å²) in [6.07, 6.45) is 0.149. The predicted molar refractivity (Wildman–Crippen MR) is 55.4 cm³/mol. The summed E-state index contributed by atoms with van der Waals surface area (Å²) < 4.78 is 21.3. The zero-order valence-electron chi connectivity index (χ0n) is 9.53. The molecule has 4 aliphatic heterocycles. The maximum absolute atomic E-state index is 12.1. The fourth-order valence-corrected chi connectivity index (χ4v) is 2.92. The molecule has 6 nitrogen and oxygen atoms in total. The Labute approximate surface area is 103 Å². The Morgan fingerprint density at radius 3 is 2.78 bits per heavy atom. The van der Waals surface area contributed by atoms with Crippen LogP contribution in [-0.4, -0.2) is 49.6 Å². The van der Waals surface area contributed by atoms with Gasteiger partial charge < -0.3 is 18.9 Å². The predicted octanol–water partition coefficient (Wildman–Crippen LogP) is -0.433. The summed E-state index contributed by atoms with van der Waals surface area (Å²) in [6.45, 7) is 0.758. The van der Waals surface area contributed by atoms with Crippen LogP contribution in [-0.2, 0) is 28.5 Å². The number of carbonyl (C=O) groups is 2. The van der Waals surface area contributed by atoms with E-state index < -0.39 is 12.6 Å². The number of carbonyl (C=O) groups excluding carboxylic acids is 2. The second-order valence-corrected chi connectivity index (χ2v) is 4.94. The van der Waals surface area contributed by atoms with Gasteiger partial charge in [0.25, 0.3) is 0 Å². The van der Waals surface area contributed by atoms with Gasteiger partial charge in [0, 0.05) is 17.9 Å². The van der Waals surface area contributed by atoms with Crippen LogP contribution in [0.2, 0.25) is 0 Å². The molecule has 4 rings (SSSR count). The minimum absolute atomic E-state index is 0.0952. The van der Waals surface area contributed by atoms with Crippen LogP contribution in [0.1, 0.15) is 6.42 Å². The van der Waals surface area contributed by atoms with E-state index in [0.717, 1.165) is 0 Å². The van der Waals surface area contributed by atoms with Crippen LogP contribution in [0, 0.1) is 5.92 Å². The molecule has 3 fully saturated rings. The van der Waals surface area contributed by atoms with Gasteiger partial charge in [0.05, 0.1) is 19.3 Å². The maximum Gasteiger partial charge on any atom is 0.223 e. The molecule has 0 aromatic rings. The molecule has 0 aromatic carbocycles. The smallest absolute Gasteiger partial charge is 0.223 e. The average Bonchev–Trinajstić information content (AvgIpc) is 2.96. The van der Waals surface area contributed by atoms with E-state index in [4.69, 9.17) is 18.9 Å². The van der Waals surface area contributed by atoms with Crippen molar-refractivity contribution in [3.63, 3.8) is 0 Å². The molecule has 0 unspecified atom stereocenters. The van der Waals surface area contributed by atoms with Crippen LogP contribution in [0.25, 0.3) is 0 Å². The van der Waals surface area contributed by atoms with Crippen molar-refractivity contribution in [2.75, 3.05) is 13.2 Å². The molecule has 6 heteroatoms. The SMILES string of the molecule is O=C1C[C@@H](C2=C[C@H]3CO[C@H](O3)C2=O)[C@@H]2CO[C@H]1O2. The van der Waals surface area contributed by atoms with Crippen molar-refractivity contribution in [2.45, 2.75) is 31.2 Å². The lowest BCUT2D eigenvalue weighted by Crippen LogP contribution is -2.41. The summed E-state index contributed by atoms with van der Waals surface area (Å²) in [6, 6.07) is 0. The van der Waals surface area contributed by atoms with Crippen molar-refractivity contribution in [1.82, 2.24) is 0 Å². The molecule has 0 aromatic heterocycles. The highest BCUT2D eigenvalue weighted by atomic mass is 16.7. The Balaban J connectivity index is 1.66. The molecule has 5 atom stereocenters. The third kappa shape index (κ3) is 1.43. The van der Waals surface area contributed by atoms with E-state index in [0.29, 0.717) is 25.2 Å². The summed E-state index contributed by atoms with van der Waals surface area (Å²) in [5.41, 5.74) is 0.607. The summed E-state index contributed by atoms with van der Waals surface area (Å²) in [7, 11) is 0. The number of hydrogen-bond donors (Lipinski definition) is 0. The second kappa shape index (κ2) is 3.71. The van der Waals surface area contributed by atoms with Gasteiger partial charge in [-0.05, 0) is 6.08 Å². The van der Waals surface area contributed by atoms with E-state index in [2.05, 4.69) is 0 Å². The monoisotopic (exact) mass is 252 g/mol. The maximum atomic E-state index is 12.1. The summed E-state index contributed by atoms with van der Waals surface area (Å²) in [5, 5.41) is 0. The molecule has 0 saturated carbocycles. The third-order valence-electron chi connectivity index (χ3n) is 3.82. The molecule has 0 radical (unpaired) electrons. The number of hydrogen-bond acceptors (Lipinski definition) is 6. The highest BCUT2D eigenvalue weighted by molar-refractivity contribution is 6.00. The van der Waals surface area contributed by atoms with E-state index in [1.165, 1.54) is 0 Å². The number of Topliss-reactive ketones (excluding diaryl/α,β-unsaturated/α-hetero) is 2.